The number of furan rings is 1. The van der Waals surface area contributed by atoms with Gasteiger partial charge in [0.2, 0.25) is 5.95 Å². The summed E-state index contributed by atoms with van der Waals surface area (Å²) >= 11 is 0.889. The summed E-state index contributed by atoms with van der Waals surface area (Å²) in [5.41, 5.74) is 4.74. The van der Waals surface area contributed by atoms with E-state index in [0.29, 0.717) is 22.5 Å². The number of carbonyl (C=O) groups is 2. The normalized spacial score (nSPS) is 17.9. The van der Waals surface area contributed by atoms with E-state index in [9.17, 15) is 9.59 Å². The number of carbonyl (C=O) groups excluding carboxylic acids is 2. The maximum atomic E-state index is 11.8. The van der Waals surface area contributed by atoms with E-state index < -0.39 is 0 Å². The van der Waals surface area contributed by atoms with Gasteiger partial charge in [-0.2, -0.15) is 0 Å². The highest BCUT2D eigenvalue weighted by atomic mass is 32.2. The predicted molar refractivity (Wildman–Crippen MR) is 134 cm³/mol. The zero-order chi connectivity index (χ0) is 24.2. The third kappa shape index (κ3) is 5.77. The lowest BCUT2D eigenvalue weighted by atomic mass is 9.97. The Bertz CT molecular complexity index is 1250. The van der Waals surface area contributed by atoms with Gasteiger partial charge < -0.3 is 14.6 Å². The van der Waals surface area contributed by atoms with Gasteiger partial charge in [0.25, 0.3) is 11.1 Å². The van der Waals surface area contributed by atoms with Gasteiger partial charge in [0.15, 0.2) is 0 Å². The summed E-state index contributed by atoms with van der Waals surface area (Å²) in [4.78, 5) is 39.5. The van der Waals surface area contributed by atoms with Crippen LogP contribution >= 0.6 is 11.8 Å². The lowest BCUT2D eigenvalue weighted by Gasteiger charge is -2.32. The highest BCUT2D eigenvalue weighted by Crippen LogP contribution is 2.26. The molecule has 0 bridgehead atoms. The van der Waals surface area contributed by atoms with Gasteiger partial charge in [-0.25, -0.2) is 9.97 Å². The number of rotatable bonds is 7. The first-order valence-electron chi connectivity index (χ1n) is 11.6. The third-order valence-corrected chi connectivity index (χ3v) is 6.87. The van der Waals surface area contributed by atoms with Gasteiger partial charge in [0.1, 0.15) is 0 Å². The minimum absolute atomic E-state index is 0.351. The molecule has 35 heavy (non-hydrogen) atoms. The molecule has 0 aromatic carbocycles. The van der Waals surface area contributed by atoms with Crippen LogP contribution < -0.4 is 15.5 Å². The average Bonchev–Trinajstić information content (AvgIpc) is 3.49. The quantitative estimate of drug-likeness (QED) is 0.478. The summed E-state index contributed by atoms with van der Waals surface area (Å²) < 4.78 is 5.19. The van der Waals surface area contributed by atoms with Crippen molar-refractivity contribution in [3.05, 3.63) is 64.8 Å². The van der Waals surface area contributed by atoms with Crippen molar-refractivity contribution in [2.75, 3.05) is 24.5 Å². The standard InChI is InChI=1S/C25H26N6O3S/c1-16-10-20(28-21(11-16)18-5-9-34-15-18)14-26-13-17-3-7-31(8-4-17)24-27-6-2-19(29-24)12-22-23(32)30-25(33)35-22/h2,5-6,9-12,15,17,26H,3-4,7-8,13-14H2,1H3,(H,30,32,33)/b22-12+. The minimum atomic E-state index is -0.382. The van der Waals surface area contributed by atoms with Crippen molar-refractivity contribution in [2.45, 2.75) is 26.3 Å². The molecule has 180 valence electrons. The Kier molecular flexibility index (Phi) is 6.91. The first-order valence-corrected chi connectivity index (χ1v) is 12.4. The molecule has 3 aromatic rings. The molecule has 2 amide bonds. The number of nitrogens with one attached hydrogen (secondary N) is 2. The second-order valence-electron chi connectivity index (χ2n) is 8.73. The van der Waals surface area contributed by atoms with Crippen molar-refractivity contribution in [3.63, 3.8) is 0 Å². The molecule has 0 saturated carbocycles. The number of anilines is 1. The third-order valence-electron chi connectivity index (χ3n) is 6.06. The van der Waals surface area contributed by atoms with Crippen LogP contribution in [0.4, 0.5) is 10.7 Å². The summed E-state index contributed by atoms with van der Waals surface area (Å²) in [7, 11) is 0. The fourth-order valence-electron chi connectivity index (χ4n) is 4.28. The second kappa shape index (κ2) is 10.4. The molecule has 5 heterocycles. The molecule has 0 aliphatic carbocycles. The Morgan fingerprint density at radius 2 is 2.09 bits per heavy atom. The topological polar surface area (TPSA) is 113 Å². The van der Waals surface area contributed by atoms with E-state index in [2.05, 4.69) is 44.6 Å². The fourth-order valence-corrected chi connectivity index (χ4v) is 4.95. The van der Waals surface area contributed by atoms with Crippen LogP contribution in [0.2, 0.25) is 0 Å². The second-order valence-corrected chi connectivity index (χ2v) is 9.74. The number of thioether (sulfide) groups is 1. The Morgan fingerprint density at radius 3 is 2.83 bits per heavy atom. The van der Waals surface area contributed by atoms with E-state index in [1.807, 2.05) is 6.07 Å². The number of aromatic nitrogens is 3. The van der Waals surface area contributed by atoms with Gasteiger partial charge in [0, 0.05) is 31.4 Å². The van der Waals surface area contributed by atoms with Crippen molar-refractivity contribution in [3.8, 4) is 11.3 Å². The SMILES string of the molecule is Cc1cc(CNCC2CCN(c3nccc(/C=C4/SC(=O)NC4=O)n3)CC2)nc(-c2ccoc2)c1. The van der Waals surface area contributed by atoms with Crippen LogP contribution in [0, 0.1) is 12.8 Å². The molecule has 0 atom stereocenters. The molecule has 2 aliphatic rings. The molecule has 0 unspecified atom stereocenters. The zero-order valence-electron chi connectivity index (χ0n) is 19.4. The Balaban J connectivity index is 1.12. The number of hydrogen-bond donors (Lipinski definition) is 2. The first-order chi connectivity index (χ1) is 17.0. The van der Waals surface area contributed by atoms with Crippen molar-refractivity contribution in [1.29, 1.82) is 0 Å². The number of amides is 2. The van der Waals surface area contributed by atoms with Gasteiger partial charge >= 0.3 is 0 Å². The van der Waals surface area contributed by atoms with Crippen molar-refractivity contribution in [2.24, 2.45) is 5.92 Å². The number of imide groups is 1. The largest absolute Gasteiger partial charge is 0.472 e. The predicted octanol–water partition coefficient (Wildman–Crippen LogP) is 3.77. The Hall–Kier alpha value is -3.50. The van der Waals surface area contributed by atoms with E-state index >= 15 is 0 Å². The highest BCUT2D eigenvalue weighted by Gasteiger charge is 2.25. The summed E-state index contributed by atoms with van der Waals surface area (Å²) in [6, 6.07) is 7.84. The number of piperidine rings is 1. The number of pyridine rings is 1. The smallest absolute Gasteiger partial charge is 0.290 e. The van der Waals surface area contributed by atoms with E-state index in [1.54, 1.807) is 30.9 Å². The Labute approximate surface area is 207 Å². The van der Waals surface area contributed by atoms with Gasteiger partial charge in [-0.05, 0) is 79.9 Å². The fraction of sp³-hybridized carbons (Fsp3) is 0.320. The van der Waals surface area contributed by atoms with Crippen LogP contribution in [-0.4, -0.2) is 45.7 Å². The molecular weight excluding hydrogens is 464 g/mol. The van der Waals surface area contributed by atoms with Crippen molar-refractivity contribution < 1.29 is 14.0 Å². The molecule has 2 N–H and O–H groups in total. The average molecular weight is 491 g/mol. The van der Waals surface area contributed by atoms with Gasteiger partial charge in [-0.1, -0.05) is 0 Å². The number of aryl methyl sites for hydroxylation is 1. The number of hydrogen-bond acceptors (Lipinski definition) is 9. The minimum Gasteiger partial charge on any atom is -0.472 e. The molecule has 0 radical (unpaired) electrons. The summed E-state index contributed by atoms with van der Waals surface area (Å²) in [6.45, 7) is 5.47. The molecular formula is C25H26N6O3S. The monoisotopic (exact) mass is 490 g/mol. The zero-order valence-corrected chi connectivity index (χ0v) is 20.2. The van der Waals surface area contributed by atoms with Crippen LogP contribution in [0.3, 0.4) is 0 Å². The number of nitrogens with zero attached hydrogens (tertiary/aromatic N) is 4. The van der Waals surface area contributed by atoms with Crippen molar-refractivity contribution >= 4 is 34.9 Å². The van der Waals surface area contributed by atoms with E-state index in [-0.39, 0.29) is 11.1 Å². The lowest BCUT2D eigenvalue weighted by molar-refractivity contribution is -0.115. The molecule has 2 fully saturated rings. The van der Waals surface area contributed by atoms with Crippen LogP contribution in [0.5, 0.6) is 0 Å². The summed E-state index contributed by atoms with van der Waals surface area (Å²) in [5.74, 6) is 0.836. The van der Waals surface area contributed by atoms with Crippen LogP contribution in [0.15, 0.2) is 52.3 Å². The summed E-state index contributed by atoms with van der Waals surface area (Å²) in [5, 5.41) is 5.47. The lowest BCUT2D eigenvalue weighted by Crippen LogP contribution is -2.38. The molecule has 2 saturated heterocycles. The molecule has 9 nitrogen and oxygen atoms in total. The molecule has 3 aromatic heterocycles. The first kappa shape index (κ1) is 23.3. The Morgan fingerprint density at radius 1 is 1.23 bits per heavy atom. The van der Waals surface area contributed by atoms with Crippen LogP contribution in [-0.2, 0) is 11.3 Å². The van der Waals surface area contributed by atoms with E-state index in [1.165, 1.54) is 5.56 Å². The van der Waals surface area contributed by atoms with Gasteiger partial charge in [0.05, 0.1) is 34.5 Å². The maximum Gasteiger partial charge on any atom is 0.290 e. The highest BCUT2D eigenvalue weighted by molar-refractivity contribution is 8.18. The van der Waals surface area contributed by atoms with Gasteiger partial charge in [-0.3, -0.25) is 19.9 Å². The molecule has 5 rings (SSSR count). The maximum absolute atomic E-state index is 11.8. The summed E-state index contributed by atoms with van der Waals surface area (Å²) in [6.07, 6.45) is 8.77. The molecule has 0 spiro atoms. The van der Waals surface area contributed by atoms with Crippen LogP contribution in [0.25, 0.3) is 17.3 Å². The van der Waals surface area contributed by atoms with E-state index in [4.69, 9.17) is 9.40 Å². The van der Waals surface area contributed by atoms with E-state index in [0.717, 1.165) is 67.7 Å². The molecule has 2 aliphatic heterocycles. The van der Waals surface area contributed by atoms with Crippen LogP contribution in [0.1, 0.15) is 29.8 Å². The van der Waals surface area contributed by atoms with Crippen molar-refractivity contribution in [1.82, 2.24) is 25.6 Å². The van der Waals surface area contributed by atoms with Gasteiger partial charge in [-0.15, -0.1) is 0 Å². The molecule has 10 heteroatoms.